The number of nitrogens with one attached hydrogen (secondary N) is 1. The molecular formula is C30H33N3O4S. The standard InChI is InChI=1S/C30H33N3O4S/c1-22-8-12-24(13-9-22)20-33(38(35,36)29-16-10-23(2)11-17-29)21-28-15-14-27(37-28)18-25(19-31)30(34)32-26-6-4-3-5-7-26/h8-18,26H,3-7,20-21H2,1-2H3,(H,32,34)/b25-18-. The highest BCUT2D eigenvalue weighted by Crippen LogP contribution is 2.24. The monoisotopic (exact) mass is 531 g/mol. The molecule has 3 aromatic rings. The van der Waals surface area contributed by atoms with Gasteiger partial charge in [-0.25, -0.2) is 8.42 Å². The maximum Gasteiger partial charge on any atom is 0.262 e. The number of carbonyl (C=O) groups excluding carboxylic acids is 1. The zero-order chi connectivity index (χ0) is 27.1. The lowest BCUT2D eigenvalue weighted by atomic mass is 9.95. The molecule has 0 radical (unpaired) electrons. The van der Waals surface area contributed by atoms with Crippen LogP contribution in [0.4, 0.5) is 0 Å². The van der Waals surface area contributed by atoms with Gasteiger partial charge in [-0.05, 0) is 56.5 Å². The van der Waals surface area contributed by atoms with E-state index >= 15 is 0 Å². The van der Waals surface area contributed by atoms with Crippen molar-refractivity contribution in [3.05, 3.63) is 94.4 Å². The zero-order valence-electron chi connectivity index (χ0n) is 21.8. The van der Waals surface area contributed by atoms with Crippen molar-refractivity contribution < 1.29 is 17.6 Å². The minimum atomic E-state index is -3.83. The van der Waals surface area contributed by atoms with Gasteiger partial charge in [0.1, 0.15) is 23.2 Å². The molecule has 8 heteroatoms. The summed E-state index contributed by atoms with van der Waals surface area (Å²) in [7, 11) is -3.83. The fraction of sp³-hybridized carbons (Fsp3) is 0.333. The lowest BCUT2D eigenvalue weighted by Gasteiger charge is -2.22. The third-order valence-corrected chi connectivity index (χ3v) is 8.55. The normalized spacial score (nSPS) is 14.8. The number of hydrogen-bond donors (Lipinski definition) is 1. The SMILES string of the molecule is Cc1ccc(CN(Cc2ccc(/C=C(/C#N)C(=O)NC3CCCCC3)o2)S(=O)(=O)c2ccc(C)cc2)cc1. The Kier molecular flexibility index (Phi) is 8.82. The molecule has 1 amide bonds. The van der Waals surface area contributed by atoms with E-state index in [1.165, 1.54) is 16.8 Å². The van der Waals surface area contributed by atoms with Gasteiger partial charge in [-0.15, -0.1) is 0 Å². The Balaban J connectivity index is 1.55. The smallest absolute Gasteiger partial charge is 0.262 e. The first-order valence-electron chi connectivity index (χ1n) is 12.9. The second-order valence-electron chi connectivity index (χ2n) is 9.85. The maximum absolute atomic E-state index is 13.6. The molecule has 0 bridgehead atoms. The Morgan fingerprint density at radius 3 is 2.24 bits per heavy atom. The topological polar surface area (TPSA) is 103 Å². The molecule has 0 atom stereocenters. The van der Waals surface area contributed by atoms with Gasteiger partial charge < -0.3 is 9.73 Å². The molecule has 1 saturated carbocycles. The fourth-order valence-electron chi connectivity index (χ4n) is 4.51. The van der Waals surface area contributed by atoms with Gasteiger partial charge in [-0.2, -0.15) is 9.57 Å². The third-order valence-electron chi connectivity index (χ3n) is 6.74. The van der Waals surface area contributed by atoms with Crippen LogP contribution in [0.1, 0.15) is 60.3 Å². The molecule has 1 heterocycles. The van der Waals surface area contributed by atoms with Crippen LogP contribution >= 0.6 is 0 Å². The van der Waals surface area contributed by atoms with Crippen molar-refractivity contribution >= 4 is 22.0 Å². The number of carbonyl (C=O) groups is 1. The predicted molar refractivity (Wildman–Crippen MR) is 146 cm³/mol. The van der Waals surface area contributed by atoms with Crippen molar-refractivity contribution in [3.8, 4) is 6.07 Å². The summed E-state index contributed by atoms with van der Waals surface area (Å²) in [6, 6.07) is 19.8. The first-order chi connectivity index (χ1) is 18.2. The van der Waals surface area contributed by atoms with Gasteiger partial charge in [0.25, 0.3) is 5.91 Å². The molecule has 198 valence electrons. The van der Waals surface area contributed by atoms with Gasteiger partial charge in [-0.1, -0.05) is 66.8 Å². The summed E-state index contributed by atoms with van der Waals surface area (Å²) in [4.78, 5) is 12.8. The lowest BCUT2D eigenvalue weighted by molar-refractivity contribution is -0.117. The number of furan rings is 1. The molecule has 1 N–H and O–H groups in total. The second-order valence-corrected chi connectivity index (χ2v) is 11.8. The van der Waals surface area contributed by atoms with E-state index in [2.05, 4.69) is 5.32 Å². The van der Waals surface area contributed by atoms with Crippen LogP contribution in [0.15, 0.2) is 75.5 Å². The molecule has 1 aliphatic carbocycles. The Morgan fingerprint density at radius 1 is 0.974 bits per heavy atom. The van der Waals surface area contributed by atoms with Gasteiger partial charge in [0.2, 0.25) is 10.0 Å². The van der Waals surface area contributed by atoms with Crippen molar-refractivity contribution in [1.29, 1.82) is 5.26 Å². The molecule has 38 heavy (non-hydrogen) atoms. The molecule has 1 fully saturated rings. The summed E-state index contributed by atoms with van der Waals surface area (Å²) in [5, 5.41) is 12.5. The summed E-state index contributed by atoms with van der Waals surface area (Å²) >= 11 is 0. The average molecular weight is 532 g/mol. The minimum absolute atomic E-state index is 0.00587. The van der Waals surface area contributed by atoms with Crippen LogP contribution in [0.2, 0.25) is 0 Å². The molecule has 4 rings (SSSR count). The highest BCUT2D eigenvalue weighted by atomic mass is 32.2. The van der Waals surface area contributed by atoms with Crippen molar-refractivity contribution in [2.45, 2.75) is 70.0 Å². The van der Waals surface area contributed by atoms with E-state index < -0.39 is 15.9 Å². The Hall–Kier alpha value is -3.67. The van der Waals surface area contributed by atoms with E-state index in [0.29, 0.717) is 11.5 Å². The molecular weight excluding hydrogens is 498 g/mol. The Bertz CT molecular complexity index is 1430. The van der Waals surface area contributed by atoms with Crippen LogP contribution in [0, 0.1) is 25.2 Å². The van der Waals surface area contributed by atoms with Crippen LogP contribution in [-0.4, -0.2) is 24.7 Å². The lowest BCUT2D eigenvalue weighted by Crippen LogP contribution is -2.36. The fourth-order valence-corrected chi connectivity index (χ4v) is 5.91. The van der Waals surface area contributed by atoms with Gasteiger partial charge in [-0.3, -0.25) is 4.79 Å². The number of nitriles is 1. The van der Waals surface area contributed by atoms with Gasteiger partial charge in [0.15, 0.2) is 0 Å². The molecule has 0 unspecified atom stereocenters. The number of benzene rings is 2. The largest absolute Gasteiger partial charge is 0.460 e. The zero-order valence-corrected chi connectivity index (χ0v) is 22.6. The predicted octanol–water partition coefficient (Wildman–Crippen LogP) is 5.64. The second kappa shape index (κ2) is 12.2. The molecule has 1 aliphatic rings. The number of nitrogens with zero attached hydrogens (tertiary/aromatic N) is 2. The van der Waals surface area contributed by atoms with E-state index in [0.717, 1.165) is 42.4 Å². The van der Waals surface area contributed by atoms with Crippen LogP contribution < -0.4 is 5.32 Å². The van der Waals surface area contributed by atoms with Crippen molar-refractivity contribution in [3.63, 3.8) is 0 Å². The summed E-state index contributed by atoms with van der Waals surface area (Å²) in [5.41, 5.74) is 2.87. The molecule has 2 aromatic carbocycles. The van der Waals surface area contributed by atoms with Crippen molar-refractivity contribution in [2.75, 3.05) is 0 Å². The molecule has 0 spiro atoms. The van der Waals surface area contributed by atoms with Crippen LogP contribution in [-0.2, 0) is 27.9 Å². The third kappa shape index (κ3) is 7.00. The first kappa shape index (κ1) is 27.4. The van der Waals surface area contributed by atoms with Crippen LogP contribution in [0.25, 0.3) is 6.08 Å². The van der Waals surface area contributed by atoms with E-state index in [9.17, 15) is 18.5 Å². The number of rotatable bonds is 9. The van der Waals surface area contributed by atoms with E-state index in [1.807, 2.05) is 44.2 Å². The molecule has 1 aromatic heterocycles. The highest BCUT2D eigenvalue weighted by Gasteiger charge is 2.26. The molecule has 0 aliphatic heterocycles. The first-order valence-corrected chi connectivity index (χ1v) is 14.3. The minimum Gasteiger partial charge on any atom is -0.460 e. The number of aryl methyl sites for hydroxylation is 2. The Morgan fingerprint density at radius 2 is 1.61 bits per heavy atom. The van der Waals surface area contributed by atoms with Crippen molar-refractivity contribution in [2.24, 2.45) is 0 Å². The van der Waals surface area contributed by atoms with Gasteiger partial charge in [0.05, 0.1) is 11.4 Å². The average Bonchev–Trinajstić information content (AvgIpc) is 3.36. The van der Waals surface area contributed by atoms with E-state index in [4.69, 9.17) is 4.42 Å². The highest BCUT2D eigenvalue weighted by molar-refractivity contribution is 7.89. The number of sulfonamides is 1. The Labute approximate surface area is 224 Å². The van der Waals surface area contributed by atoms with E-state index in [1.54, 1.807) is 36.4 Å². The number of amides is 1. The summed E-state index contributed by atoms with van der Waals surface area (Å²) in [6.07, 6.45) is 6.55. The molecule has 0 saturated heterocycles. The number of hydrogen-bond acceptors (Lipinski definition) is 5. The summed E-state index contributed by atoms with van der Waals surface area (Å²) < 4.78 is 34.5. The quantitative estimate of drug-likeness (QED) is 0.284. The molecule has 7 nitrogen and oxygen atoms in total. The summed E-state index contributed by atoms with van der Waals surface area (Å²) in [6.45, 7) is 4.04. The summed E-state index contributed by atoms with van der Waals surface area (Å²) in [5.74, 6) is 0.308. The van der Waals surface area contributed by atoms with Crippen LogP contribution in [0.3, 0.4) is 0 Å². The van der Waals surface area contributed by atoms with Crippen LogP contribution in [0.5, 0.6) is 0 Å². The van der Waals surface area contributed by atoms with E-state index in [-0.39, 0.29) is 29.6 Å². The van der Waals surface area contributed by atoms with Gasteiger partial charge in [0, 0.05) is 18.7 Å². The van der Waals surface area contributed by atoms with Crippen molar-refractivity contribution in [1.82, 2.24) is 9.62 Å². The van der Waals surface area contributed by atoms with Gasteiger partial charge >= 0.3 is 0 Å². The maximum atomic E-state index is 13.6.